The van der Waals surface area contributed by atoms with Gasteiger partial charge >= 0.3 is 5.69 Å². The van der Waals surface area contributed by atoms with E-state index in [0.29, 0.717) is 0 Å². The first-order valence-corrected chi connectivity index (χ1v) is 10.7. The lowest BCUT2D eigenvalue weighted by atomic mass is 10.1. The topological polar surface area (TPSA) is 120 Å². The molecule has 0 spiro atoms. The molecule has 0 aliphatic rings. The maximum Gasteiger partial charge on any atom is 0.352 e. The summed E-state index contributed by atoms with van der Waals surface area (Å²) in [7, 11) is 1.46. The Morgan fingerprint density at radius 1 is 1.15 bits per heavy atom. The highest BCUT2D eigenvalue weighted by Gasteiger charge is 2.19. The molecule has 11 heteroatoms. The van der Waals surface area contributed by atoms with Crippen molar-refractivity contribution in [3.63, 3.8) is 0 Å². The molecule has 0 saturated carbocycles. The molecule has 0 aliphatic carbocycles. The number of hydrogen-bond acceptors (Lipinski definition) is 5. The van der Waals surface area contributed by atoms with E-state index in [9.17, 15) is 23.6 Å². The summed E-state index contributed by atoms with van der Waals surface area (Å²) in [5.74, 6) is -1.62. The van der Waals surface area contributed by atoms with Gasteiger partial charge in [0.2, 0.25) is 11.7 Å². The zero-order valence-electron chi connectivity index (χ0n) is 18.8. The third kappa shape index (κ3) is 4.07. The highest BCUT2D eigenvalue weighted by Crippen LogP contribution is 2.15. The minimum atomic E-state index is -0.682. The lowest BCUT2D eigenvalue weighted by Gasteiger charge is -2.12. The number of fused-ring (bicyclic) bond motifs is 3. The van der Waals surface area contributed by atoms with Gasteiger partial charge in [-0.25, -0.2) is 18.3 Å². The number of carbonyl (C=O) groups excluding carboxylic acids is 2. The number of halogens is 1. The molecule has 0 fully saturated rings. The lowest BCUT2D eigenvalue weighted by molar-refractivity contribution is -0.117. The number of hydrogen-bond donors (Lipinski definition) is 2. The van der Waals surface area contributed by atoms with Crippen LogP contribution in [-0.2, 0) is 18.4 Å². The summed E-state index contributed by atoms with van der Waals surface area (Å²) in [5, 5.41) is 9.59. The van der Waals surface area contributed by atoms with Crippen molar-refractivity contribution >= 4 is 34.2 Å². The first-order valence-electron chi connectivity index (χ1n) is 10.7. The van der Waals surface area contributed by atoms with Crippen LogP contribution in [0.25, 0.3) is 16.7 Å². The number of rotatable bonds is 6. The van der Waals surface area contributed by atoms with Crippen LogP contribution < -0.4 is 21.9 Å². The molecule has 176 valence electrons. The Bertz CT molecular complexity index is 1550. The van der Waals surface area contributed by atoms with Gasteiger partial charge in [-0.2, -0.15) is 0 Å². The fourth-order valence-electron chi connectivity index (χ4n) is 3.54. The molecular weight excluding hydrogens is 443 g/mol. The van der Waals surface area contributed by atoms with E-state index in [0.717, 1.165) is 11.1 Å². The predicted molar refractivity (Wildman–Crippen MR) is 124 cm³/mol. The van der Waals surface area contributed by atoms with Crippen molar-refractivity contribution in [1.29, 1.82) is 0 Å². The Hall–Kier alpha value is -4.28. The first-order chi connectivity index (χ1) is 16.2. The van der Waals surface area contributed by atoms with E-state index in [-0.39, 0.29) is 39.9 Å². The average molecular weight is 466 g/mol. The van der Waals surface area contributed by atoms with Gasteiger partial charge in [-0.3, -0.25) is 19.0 Å². The molecule has 2 aromatic heterocycles. The molecule has 2 heterocycles. The van der Waals surface area contributed by atoms with E-state index in [2.05, 4.69) is 15.7 Å². The molecule has 0 bridgehead atoms. The number of carbonyl (C=O) groups is 2. The second-order valence-corrected chi connectivity index (χ2v) is 7.98. The third-order valence-electron chi connectivity index (χ3n) is 5.59. The smallest absolute Gasteiger partial charge is 0.350 e. The van der Waals surface area contributed by atoms with Crippen LogP contribution in [0.5, 0.6) is 0 Å². The Balaban J connectivity index is 1.78. The van der Waals surface area contributed by atoms with Gasteiger partial charge in [-0.15, -0.1) is 5.10 Å². The van der Waals surface area contributed by atoms with Gasteiger partial charge in [-0.05, 0) is 43.7 Å². The van der Waals surface area contributed by atoms with Crippen LogP contribution in [0, 0.1) is 5.82 Å². The van der Waals surface area contributed by atoms with Crippen molar-refractivity contribution in [2.45, 2.75) is 32.9 Å². The number of para-hydroxylation sites is 1. The summed E-state index contributed by atoms with van der Waals surface area (Å²) in [5.41, 5.74) is -0.651. The highest BCUT2D eigenvalue weighted by atomic mass is 19.1. The Morgan fingerprint density at radius 3 is 2.59 bits per heavy atom. The number of amides is 2. The molecule has 0 radical (unpaired) electrons. The van der Waals surface area contributed by atoms with Gasteiger partial charge < -0.3 is 10.6 Å². The Morgan fingerprint density at radius 2 is 1.88 bits per heavy atom. The normalized spacial score (nSPS) is 12.1. The predicted octanol–water partition coefficient (Wildman–Crippen LogP) is 1.65. The zero-order valence-corrected chi connectivity index (χ0v) is 18.8. The average Bonchev–Trinajstić information content (AvgIpc) is 3.14. The van der Waals surface area contributed by atoms with Gasteiger partial charge in [0, 0.05) is 18.7 Å². The van der Waals surface area contributed by atoms with Gasteiger partial charge in [0.15, 0.2) is 0 Å². The van der Waals surface area contributed by atoms with Crippen molar-refractivity contribution in [1.82, 2.24) is 24.1 Å². The molecule has 1 atom stereocenters. The van der Waals surface area contributed by atoms with E-state index in [1.54, 1.807) is 6.07 Å². The second kappa shape index (κ2) is 8.93. The molecule has 2 aromatic carbocycles. The minimum Gasteiger partial charge on any atom is -0.350 e. The van der Waals surface area contributed by atoms with Gasteiger partial charge in [0.05, 0.1) is 16.6 Å². The van der Waals surface area contributed by atoms with Crippen LogP contribution in [0.1, 0.15) is 30.6 Å². The molecule has 10 nitrogen and oxygen atoms in total. The molecule has 4 aromatic rings. The number of anilines is 1. The number of benzene rings is 2. The van der Waals surface area contributed by atoms with E-state index in [1.165, 1.54) is 52.4 Å². The molecule has 34 heavy (non-hydrogen) atoms. The van der Waals surface area contributed by atoms with Crippen molar-refractivity contribution in [2.75, 3.05) is 5.32 Å². The molecule has 4 rings (SSSR count). The highest BCUT2D eigenvalue weighted by molar-refractivity contribution is 5.98. The second-order valence-electron chi connectivity index (χ2n) is 7.98. The van der Waals surface area contributed by atoms with E-state index in [1.807, 2.05) is 13.8 Å². The van der Waals surface area contributed by atoms with Gasteiger partial charge in [0.25, 0.3) is 11.5 Å². The quantitative estimate of drug-likeness (QED) is 0.448. The first kappa shape index (κ1) is 22.9. The summed E-state index contributed by atoms with van der Waals surface area (Å²) in [6, 6.07) is 10.0. The SMILES string of the molecule is CCC(C)NC(=O)c1ccc2c(=O)n(C)c3nn(CC(=O)Nc4ccccc4F)c(=O)n3c2c1. The van der Waals surface area contributed by atoms with Crippen LogP contribution in [-0.4, -0.2) is 36.6 Å². The van der Waals surface area contributed by atoms with E-state index in [4.69, 9.17) is 0 Å². The number of aryl methyl sites for hydroxylation is 1. The van der Waals surface area contributed by atoms with Crippen molar-refractivity contribution in [3.05, 3.63) is 74.7 Å². The molecule has 0 aliphatic heterocycles. The van der Waals surface area contributed by atoms with Crippen LogP contribution in [0.3, 0.4) is 0 Å². The van der Waals surface area contributed by atoms with Gasteiger partial charge in [-0.1, -0.05) is 19.1 Å². The van der Waals surface area contributed by atoms with Crippen LogP contribution in [0.15, 0.2) is 52.1 Å². The summed E-state index contributed by atoms with van der Waals surface area (Å²) in [6.07, 6.45) is 0.741. The van der Waals surface area contributed by atoms with Gasteiger partial charge in [0.1, 0.15) is 12.4 Å². The number of nitrogens with zero attached hydrogens (tertiary/aromatic N) is 4. The number of nitrogens with one attached hydrogen (secondary N) is 2. The maximum absolute atomic E-state index is 13.8. The summed E-state index contributed by atoms with van der Waals surface area (Å²) in [4.78, 5) is 51.0. The molecular formula is C23H23FN6O4. The molecule has 0 saturated heterocycles. The number of aromatic nitrogens is 4. The molecule has 2 N–H and O–H groups in total. The van der Waals surface area contributed by atoms with Crippen molar-refractivity contribution in [2.24, 2.45) is 7.05 Å². The van der Waals surface area contributed by atoms with Crippen LogP contribution in [0.2, 0.25) is 0 Å². The fourth-order valence-corrected chi connectivity index (χ4v) is 3.54. The summed E-state index contributed by atoms with van der Waals surface area (Å²) < 4.78 is 17.1. The Kier molecular flexibility index (Phi) is 6.01. The summed E-state index contributed by atoms with van der Waals surface area (Å²) >= 11 is 0. The molecule has 1 unspecified atom stereocenters. The molecule has 2 amide bonds. The van der Waals surface area contributed by atoms with Crippen LogP contribution in [0.4, 0.5) is 10.1 Å². The maximum atomic E-state index is 13.8. The fraction of sp³-hybridized carbons (Fsp3) is 0.261. The third-order valence-corrected chi connectivity index (χ3v) is 5.59. The standard InChI is InChI=1S/C23H23FN6O4/c1-4-13(2)25-20(32)14-9-10-15-18(11-14)30-22(28(3)21(15)33)27-29(23(30)34)12-19(31)26-17-8-6-5-7-16(17)24/h5-11,13H,4,12H2,1-3H3,(H,25,32)(H,26,31). The zero-order chi connectivity index (χ0) is 24.6. The largest absolute Gasteiger partial charge is 0.352 e. The van der Waals surface area contributed by atoms with Crippen LogP contribution >= 0.6 is 0 Å². The Labute approximate surface area is 192 Å². The lowest BCUT2D eigenvalue weighted by Crippen LogP contribution is -2.32. The van der Waals surface area contributed by atoms with E-state index >= 15 is 0 Å². The van der Waals surface area contributed by atoms with Crippen molar-refractivity contribution < 1.29 is 14.0 Å². The van der Waals surface area contributed by atoms with E-state index < -0.39 is 29.5 Å². The summed E-state index contributed by atoms with van der Waals surface area (Å²) in [6.45, 7) is 3.31. The minimum absolute atomic E-state index is 0.000626. The monoisotopic (exact) mass is 466 g/mol. The van der Waals surface area contributed by atoms with Crippen molar-refractivity contribution in [3.8, 4) is 0 Å².